The van der Waals surface area contributed by atoms with E-state index in [1.165, 1.54) is 5.56 Å². The van der Waals surface area contributed by atoms with Crippen molar-refractivity contribution in [3.8, 4) is 0 Å². The second kappa shape index (κ2) is 5.57. The van der Waals surface area contributed by atoms with Crippen LogP contribution in [0, 0.1) is 6.92 Å². The van der Waals surface area contributed by atoms with Crippen LogP contribution in [0.4, 0.5) is 0 Å². The first kappa shape index (κ1) is 14.8. The summed E-state index contributed by atoms with van der Waals surface area (Å²) in [4.78, 5) is 12.3. The zero-order chi connectivity index (χ0) is 15.7. The molecule has 0 bridgehead atoms. The van der Waals surface area contributed by atoms with Gasteiger partial charge in [0.15, 0.2) is 0 Å². The Balaban J connectivity index is 1.76. The normalized spacial score (nSPS) is 20.5. The van der Waals surface area contributed by atoms with Gasteiger partial charge in [0.2, 0.25) is 0 Å². The predicted molar refractivity (Wildman–Crippen MR) is 83.6 cm³/mol. The average molecular weight is 299 g/mol. The van der Waals surface area contributed by atoms with Crippen LogP contribution in [-0.2, 0) is 19.1 Å². The number of aliphatic hydroxyl groups is 1. The van der Waals surface area contributed by atoms with Gasteiger partial charge in [0.1, 0.15) is 11.3 Å². The van der Waals surface area contributed by atoms with E-state index in [2.05, 4.69) is 10.4 Å². The monoisotopic (exact) mass is 299 g/mol. The van der Waals surface area contributed by atoms with E-state index in [-0.39, 0.29) is 12.5 Å². The van der Waals surface area contributed by atoms with Crippen molar-refractivity contribution in [2.75, 3.05) is 6.54 Å². The summed E-state index contributed by atoms with van der Waals surface area (Å²) in [7, 11) is 1.74. The number of amides is 1. The first-order valence-electron chi connectivity index (χ1n) is 7.59. The summed E-state index contributed by atoms with van der Waals surface area (Å²) < 4.78 is 1.56. The van der Waals surface area contributed by atoms with Gasteiger partial charge in [-0.3, -0.25) is 9.48 Å². The minimum Gasteiger partial charge on any atom is -0.383 e. The first-order valence-corrected chi connectivity index (χ1v) is 7.59. The largest absolute Gasteiger partial charge is 0.383 e. The molecule has 5 heteroatoms. The van der Waals surface area contributed by atoms with Crippen LogP contribution in [0.5, 0.6) is 0 Å². The molecule has 0 aliphatic heterocycles. The summed E-state index contributed by atoms with van der Waals surface area (Å²) in [6.07, 6.45) is 2.57. The van der Waals surface area contributed by atoms with Gasteiger partial charge < -0.3 is 10.4 Å². The molecule has 1 heterocycles. The van der Waals surface area contributed by atoms with E-state index in [0.29, 0.717) is 12.1 Å². The lowest BCUT2D eigenvalue weighted by atomic mass is 9.79. The number of hydrogen-bond donors (Lipinski definition) is 2. The molecule has 0 fully saturated rings. The fourth-order valence-electron chi connectivity index (χ4n) is 3.22. The molecule has 0 saturated carbocycles. The molecular weight excluding hydrogens is 278 g/mol. The highest BCUT2D eigenvalue weighted by atomic mass is 16.3. The van der Waals surface area contributed by atoms with Gasteiger partial charge in [0.05, 0.1) is 12.2 Å². The second-order valence-electron chi connectivity index (χ2n) is 6.02. The molecule has 22 heavy (non-hydrogen) atoms. The molecule has 0 saturated heterocycles. The SMILES string of the molecule is Cc1cc(C(=O)NCC2(O)CCCc3ccccc32)n(C)n1. The van der Waals surface area contributed by atoms with Gasteiger partial charge in [-0.25, -0.2) is 0 Å². The van der Waals surface area contributed by atoms with E-state index >= 15 is 0 Å². The molecule has 0 radical (unpaired) electrons. The molecule has 1 aliphatic rings. The van der Waals surface area contributed by atoms with Crippen molar-refractivity contribution in [1.29, 1.82) is 0 Å². The predicted octanol–water partition coefficient (Wildman–Crippen LogP) is 1.68. The van der Waals surface area contributed by atoms with Crippen molar-refractivity contribution in [2.24, 2.45) is 7.05 Å². The van der Waals surface area contributed by atoms with Gasteiger partial charge in [0.25, 0.3) is 5.91 Å². The molecule has 1 unspecified atom stereocenters. The lowest BCUT2D eigenvalue weighted by Crippen LogP contribution is -2.43. The van der Waals surface area contributed by atoms with E-state index in [9.17, 15) is 9.90 Å². The Labute approximate surface area is 130 Å². The number of fused-ring (bicyclic) bond motifs is 1. The molecule has 1 aromatic heterocycles. The number of aryl methyl sites for hydroxylation is 3. The Kier molecular flexibility index (Phi) is 3.74. The molecule has 116 valence electrons. The minimum absolute atomic E-state index is 0.209. The van der Waals surface area contributed by atoms with Crippen LogP contribution in [0.25, 0.3) is 0 Å². The van der Waals surface area contributed by atoms with Crippen LogP contribution < -0.4 is 5.32 Å². The van der Waals surface area contributed by atoms with Gasteiger partial charge in [0, 0.05) is 7.05 Å². The number of hydrogen-bond acceptors (Lipinski definition) is 3. The van der Waals surface area contributed by atoms with E-state index in [4.69, 9.17) is 0 Å². The maximum Gasteiger partial charge on any atom is 0.269 e. The number of aromatic nitrogens is 2. The van der Waals surface area contributed by atoms with Gasteiger partial charge in [-0.05, 0) is 43.4 Å². The fraction of sp³-hybridized carbons (Fsp3) is 0.412. The first-order chi connectivity index (χ1) is 10.5. The van der Waals surface area contributed by atoms with Crippen LogP contribution in [0.15, 0.2) is 30.3 Å². The molecule has 1 aliphatic carbocycles. The fourth-order valence-corrected chi connectivity index (χ4v) is 3.22. The summed E-state index contributed by atoms with van der Waals surface area (Å²) in [6, 6.07) is 9.66. The Morgan fingerprint density at radius 1 is 1.45 bits per heavy atom. The van der Waals surface area contributed by atoms with Gasteiger partial charge in [-0.1, -0.05) is 24.3 Å². The third-order valence-corrected chi connectivity index (χ3v) is 4.33. The van der Waals surface area contributed by atoms with Crippen molar-refractivity contribution >= 4 is 5.91 Å². The third kappa shape index (κ3) is 2.64. The highest BCUT2D eigenvalue weighted by Crippen LogP contribution is 2.34. The number of benzene rings is 1. The standard InChI is InChI=1S/C17H21N3O2/c1-12-10-15(20(2)19-12)16(21)18-11-17(22)9-5-7-13-6-3-4-8-14(13)17/h3-4,6,8,10,22H,5,7,9,11H2,1-2H3,(H,18,21). The van der Waals surface area contributed by atoms with Crippen molar-refractivity contribution < 1.29 is 9.90 Å². The zero-order valence-corrected chi connectivity index (χ0v) is 13.0. The van der Waals surface area contributed by atoms with Gasteiger partial charge in [-0.2, -0.15) is 5.10 Å². The second-order valence-corrected chi connectivity index (χ2v) is 6.02. The number of nitrogens with one attached hydrogen (secondary N) is 1. The Morgan fingerprint density at radius 2 is 2.23 bits per heavy atom. The van der Waals surface area contributed by atoms with Gasteiger partial charge in [-0.15, -0.1) is 0 Å². The number of rotatable bonds is 3. The van der Waals surface area contributed by atoms with Crippen LogP contribution in [0.3, 0.4) is 0 Å². The summed E-state index contributed by atoms with van der Waals surface area (Å²) >= 11 is 0. The van der Waals surface area contributed by atoms with Gasteiger partial charge >= 0.3 is 0 Å². The van der Waals surface area contributed by atoms with Crippen LogP contribution in [0.2, 0.25) is 0 Å². The molecule has 2 N–H and O–H groups in total. The van der Waals surface area contributed by atoms with E-state index < -0.39 is 5.60 Å². The quantitative estimate of drug-likeness (QED) is 0.906. The smallest absolute Gasteiger partial charge is 0.269 e. The molecule has 1 amide bonds. The highest BCUT2D eigenvalue weighted by Gasteiger charge is 2.34. The topological polar surface area (TPSA) is 67.2 Å². The number of carbonyl (C=O) groups is 1. The lowest BCUT2D eigenvalue weighted by Gasteiger charge is -2.34. The Bertz CT molecular complexity index is 708. The van der Waals surface area contributed by atoms with Crippen LogP contribution in [-0.4, -0.2) is 27.3 Å². The molecule has 1 aromatic carbocycles. The van der Waals surface area contributed by atoms with Crippen LogP contribution in [0.1, 0.15) is 40.2 Å². The highest BCUT2D eigenvalue weighted by molar-refractivity contribution is 5.92. The van der Waals surface area contributed by atoms with E-state index in [0.717, 1.165) is 24.1 Å². The molecule has 5 nitrogen and oxygen atoms in total. The zero-order valence-electron chi connectivity index (χ0n) is 13.0. The van der Waals surface area contributed by atoms with Crippen LogP contribution >= 0.6 is 0 Å². The minimum atomic E-state index is -0.988. The summed E-state index contributed by atoms with van der Waals surface area (Å²) in [5, 5.41) is 18.0. The molecular formula is C17H21N3O2. The lowest BCUT2D eigenvalue weighted by molar-refractivity contribution is 0.0188. The molecule has 0 spiro atoms. The Hall–Kier alpha value is -2.14. The van der Waals surface area contributed by atoms with Crippen molar-refractivity contribution in [1.82, 2.24) is 15.1 Å². The average Bonchev–Trinajstić information content (AvgIpc) is 2.84. The summed E-state index contributed by atoms with van der Waals surface area (Å²) in [5.41, 5.74) is 2.42. The molecule has 1 atom stereocenters. The van der Waals surface area contributed by atoms with Crippen molar-refractivity contribution in [3.63, 3.8) is 0 Å². The van der Waals surface area contributed by atoms with E-state index in [1.54, 1.807) is 17.8 Å². The Morgan fingerprint density at radius 3 is 2.95 bits per heavy atom. The third-order valence-electron chi connectivity index (χ3n) is 4.33. The molecule has 3 rings (SSSR count). The maximum absolute atomic E-state index is 12.3. The summed E-state index contributed by atoms with van der Waals surface area (Å²) in [6.45, 7) is 2.06. The summed E-state index contributed by atoms with van der Waals surface area (Å²) in [5.74, 6) is -0.209. The van der Waals surface area contributed by atoms with Crippen molar-refractivity contribution in [3.05, 3.63) is 52.8 Å². The number of carbonyl (C=O) groups excluding carboxylic acids is 1. The van der Waals surface area contributed by atoms with E-state index in [1.807, 2.05) is 31.2 Å². The van der Waals surface area contributed by atoms with Crippen molar-refractivity contribution in [2.45, 2.75) is 31.8 Å². The number of nitrogens with zero attached hydrogens (tertiary/aromatic N) is 2. The molecule has 2 aromatic rings. The maximum atomic E-state index is 12.3.